The van der Waals surface area contributed by atoms with Crippen LogP contribution < -0.4 is 4.90 Å². The van der Waals surface area contributed by atoms with Crippen LogP contribution in [0.2, 0.25) is 0 Å². The highest BCUT2D eigenvalue weighted by molar-refractivity contribution is 7.10. The van der Waals surface area contributed by atoms with Crippen molar-refractivity contribution < 1.29 is 14.7 Å². The Bertz CT molecular complexity index is 1320. The van der Waals surface area contributed by atoms with Crippen molar-refractivity contribution in [2.75, 3.05) is 4.90 Å². The standard InChI is InChI=1S/C27H21NO3S/c29-22(16-15-18-8-2-1-3-9-18)24-25(23-14-7-17-32-23)28(27(31)26(24)30)21-13-6-11-19-10-4-5-12-20(19)21/h1-14,17,25,30H,15-16H2. The first-order valence-corrected chi connectivity index (χ1v) is 11.4. The van der Waals surface area contributed by atoms with Gasteiger partial charge in [0, 0.05) is 16.7 Å². The molecule has 4 aromatic rings. The van der Waals surface area contributed by atoms with Gasteiger partial charge in [0.2, 0.25) is 0 Å². The van der Waals surface area contributed by atoms with E-state index in [0.717, 1.165) is 21.2 Å². The number of carbonyl (C=O) groups excluding carboxylic acids is 2. The van der Waals surface area contributed by atoms with Crippen LogP contribution in [0, 0.1) is 0 Å². The summed E-state index contributed by atoms with van der Waals surface area (Å²) in [4.78, 5) is 29.1. The van der Waals surface area contributed by atoms with Crippen LogP contribution in [0.1, 0.15) is 22.9 Å². The lowest BCUT2D eigenvalue weighted by molar-refractivity contribution is -0.118. The predicted octanol–water partition coefficient (Wildman–Crippen LogP) is 6.00. The van der Waals surface area contributed by atoms with Crippen molar-refractivity contribution in [2.24, 2.45) is 0 Å². The number of anilines is 1. The van der Waals surface area contributed by atoms with Crippen LogP contribution in [0.3, 0.4) is 0 Å². The summed E-state index contributed by atoms with van der Waals surface area (Å²) in [5, 5.41) is 14.7. The topological polar surface area (TPSA) is 57.6 Å². The van der Waals surface area contributed by atoms with Crippen molar-refractivity contribution in [1.29, 1.82) is 0 Å². The van der Waals surface area contributed by atoms with Gasteiger partial charge in [0.15, 0.2) is 11.5 Å². The number of ketones is 1. The largest absolute Gasteiger partial charge is 0.503 e. The molecule has 32 heavy (non-hydrogen) atoms. The van der Waals surface area contributed by atoms with Gasteiger partial charge in [-0.1, -0.05) is 72.8 Å². The number of benzene rings is 3. The maximum Gasteiger partial charge on any atom is 0.294 e. The molecule has 1 aliphatic heterocycles. The van der Waals surface area contributed by atoms with Crippen molar-refractivity contribution >= 4 is 39.5 Å². The Morgan fingerprint density at radius 1 is 0.906 bits per heavy atom. The summed E-state index contributed by atoms with van der Waals surface area (Å²) in [6.07, 6.45) is 0.776. The second kappa shape index (κ2) is 8.44. The molecule has 4 nitrogen and oxygen atoms in total. The van der Waals surface area contributed by atoms with Crippen molar-refractivity contribution in [3.8, 4) is 0 Å². The Balaban J connectivity index is 1.56. The van der Waals surface area contributed by atoms with E-state index < -0.39 is 17.7 Å². The van der Waals surface area contributed by atoms with Gasteiger partial charge in [-0.25, -0.2) is 0 Å². The highest BCUT2D eigenvalue weighted by Crippen LogP contribution is 2.44. The van der Waals surface area contributed by atoms with Gasteiger partial charge in [-0.2, -0.15) is 0 Å². The fourth-order valence-electron chi connectivity index (χ4n) is 4.31. The first-order chi connectivity index (χ1) is 15.6. The third-order valence-electron chi connectivity index (χ3n) is 5.83. The molecule has 5 rings (SSSR count). The Labute approximate surface area is 190 Å². The molecule has 0 radical (unpaired) electrons. The fourth-order valence-corrected chi connectivity index (χ4v) is 5.13. The van der Waals surface area contributed by atoms with E-state index >= 15 is 0 Å². The number of Topliss-reactive ketones (excluding diaryl/α,β-unsaturated/α-hetero) is 1. The van der Waals surface area contributed by atoms with Crippen molar-refractivity contribution in [3.63, 3.8) is 0 Å². The number of hydrogen-bond acceptors (Lipinski definition) is 4. The van der Waals surface area contributed by atoms with Crippen LogP contribution in [0.5, 0.6) is 0 Å². The molecule has 0 saturated carbocycles. The van der Waals surface area contributed by atoms with Gasteiger partial charge < -0.3 is 5.11 Å². The van der Waals surface area contributed by atoms with E-state index in [2.05, 4.69) is 0 Å². The quantitative estimate of drug-likeness (QED) is 0.401. The lowest BCUT2D eigenvalue weighted by Gasteiger charge is -2.27. The van der Waals surface area contributed by atoms with Gasteiger partial charge in [-0.3, -0.25) is 14.5 Å². The number of fused-ring (bicyclic) bond motifs is 1. The van der Waals surface area contributed by atoms with E-state index in [4.69, 9.17) is 0 Å². The average Bonchev–Trinajstić information content (AvgIpc) is 3.45. The van der Waals surface area contributed by atoms with Crippen LogP contribution in [0.15, 0.2) is 102 Å². The molecule has 0 bridgehead atoms. The summed E-state index contributed by atoms with van der Waals surface area (Å²) >= 11 is 1.47. The molecule has 0 fully saturated rings. The van der Waals surface area contributed by atoms with Crippen molar-refractivity contribution in [2.45, 2.75) is 18.9 Å². The lowest BCUT2D eigenvalue weighted by atomic mass is 9.96. The highest BCUT2D eigenvalue weighted by atomic mass is 32.1. The fraction of sp³-hybridized carbons (Fsp3) is 0.111. The van der Waals surface area contributed by atoms with E-state index in [0.29, 0.717) is 12.1 Å². The molecule has 1 atom stereocenters. The SMILES string of the molecule is O=C(CCc1ccccc1)C1=C(O)C(=O)N(c2cccc3ccccc23)C1c1cccs1. The van der Waals surface area contributed by atoms with E-state index in [9.17, 15) is 14.7 Å². The van der Waals surface area contributed by atoms with Crippen LogP contribution in [0.4, 0.5) is 5.69 Å². The van der Waals surface area contributed by atoms with E-state index in [1.54, 1.807) is 4.90 Å². The molecule has 1 N–H and O–H groups in total. The summed E-state index contributed by atoms with van der Waals surface area (Å²) < 4.78 is 0. The van der Waals surface area contributed by atoms with E-state index in [-0.39, 0.29) is 17.8 Å². The molecule has 0 aliphatic carbocycles. The number of nitrogens with zero attached hydrogens (tertiary/aromatic N) is 1. The monoisotopic (exact) mass is 439 g/mol. The minimum absolute atomic E-state index is 0.182. The number of aryl methyl sites for hydroxylation is 1. The second-order valence-corrected chi connectivity index (χ2v) is 8.74. The molecule has 0 spiro atoms. The lowest BCUT2D eigenvalue weighted by Crippen LogP contribution is -2.30. The van der Waals surface area contributed by atoms with E-state index in [1.165, 1.54) is 11.3 Å². The molecular formula is C27H21NO3S. The summed E-state index contributed by atoms with van der Waals surface area (Å²) in [5.41, 5.74) is 1.91. The summed E-state index contributed by atoms with van der Waals surface area (Å²) in [5.74, 6) is -1.20. The van der Waals surface area contributed by atoms with Crippen molar-refractivity contribution in [1.82, 2.24) is 0 Å². The number of rotatable bonds is 6. The summed E-state index contributed by atoms with van der Waals surface area (Å²) in [6, 6.07) is 26.5. The minimum Gasteiger partial charge on any atom is -0.503 e. The molecule has 0 saturated heterocycles. The zero-order valence-corrected chi connectivity index (χ0v) is 18.1. The predicted molar refractivity (Wildman–Crippen MR) is 128 cm³/mol. The normalized spacial score (nSPS) is 16.2. The van der Waals surface area contributed by atoms with Gasteiger partial charge in [0.25, 0.3) is 5.91 Å². The van der Waals surface area contributed by atoms with Crippen LogP contribution in [-0.2, 0) is 16.0 Å². The highest BCUT2D eigenvalue weighted by Gasteiger charge is 2.44. The van der Waals surface area contributed by atoms with Gasteiger partial charge in [-0.15, -0.1) is 11.3 Å². The maximum atomic E-state index is 13.3. The molecule has 5 heteroatoms. The maximum absolute atomic E-state index is 13.3. The first-order valence-electron chi connectivity index (χ1n) is 10.5. The molecule has 1 aliphatic rings. The molecule has 1 aromatic heterocycles. The summed E-state index contributed by atoms with van der Waals surface area (Å²) in [7, 11) is 0. The smallest absolute Gasteiger partial charge is 0.294 e. The zero-order valence-electron chi connectivity index (χ0n) is 17.3. The van der Waals surface area contributed by atoms with Gasteiger partial charge in [0.05, 0.1) is 11.3 Å². The van der Waals surface area contributed by atoms with Gasteiger partial charge in [-0.05, 0) is 34.9 Å². The Kier molecular flexibility index (Phi) is 5.33. The van der Waals surface area contributed by atoms with E-state index in [1.807, 2.05) is 90.3 Å². The Morgan fingerprint density at radius 2 is 1.66 bits per heavy atom. The van der Waals surface area contributed by atoms with Crippen LogP contribution in [-0.4, -0.2) is 16.8 Å². The number of hydrogen-bond donors (Lipinski definition) is 1. The molecule has 3 aromatic carbocycles. The minimum atomic E-state index is -0.642. The molecule has 158 valence electrons. The second-order valence-electron chi connectivity index (χ2n) is 7.76. The summed E-state index contributed by atoms with van der Waals surface area (Å²) in [6.45, 7) is 0. The molecule has 1 amide bonds. The first kappa shape index (κ1) is 20.2. The Morgan fingerprint density at radius 3 is 2.44 bits per heavy atom. The third kappa shape index (κ3) is 3.51. The molecule has 1 unspecified atom stereocenters. The number of aliphatic hydroxyl groups is 1. The van der Waals surface area contributed by atoms with Crippen LogP contribution >= 0.6 is 11.3 Å². The number of aliphatic hydroxyl groups excluding tert-OH is 1. The zero-order chi connectivity index (χ0) is 22.1. The van der Waals surface area contributed by atoms with Crippen molar-refractivity contribution in [3.05, 3.63) is 112 Å². The third-order valence-corrected chi connectivity index (χ3v) is 6.76. The number of carbonyl (C=O) groups is 2. The number of thiophene rings is 1. The molecule has 2 heterocycles. The molecular weight excluding hydrogens is 418 g/mol. The van der Waals surface area contributed by atoms with Crippen LogP contribution in [0.25, 0.3) is 10.8 Å². The van der Waals surface area contributed by atoms with Gasteiger partial charge in [0.1, 0.15) is 6.04 Å². The number of amides is 1. The van der Waals surface area contributed by atoms with Gasteiger partial charge >= 0.3 is 0 Å². The Hall–Kier alpha value is -3.70. The average molecular weight is 440 g/mol.